The maximum atomic E-state index is 13.0. The van der Waals surface area contributed by atoms with Crippen LogP contribution < -0.4 is 9.64 Å². The van der Waals surface area contributed by atoms with Gasteiger partial charge in [0.05, 0.1) is 17.7 Å². The first-order chi connectivity index (χ1) is 11.1. The molecule has 0 saturated carbocycles. The zero-order valence-electron chi connectivity index (χ0n) is 12.2. The molecule has 0 aliphatic carbocycles. The monoisotopic (exact) mass is 329 g/mol. The summed E-state index contributed by atoms with van der Waals surface area (Å²) in [6.07, 6.45) is 1.65. The van der Waals surface area contributed by atoms with E-state index in [9.17, 15) is 14.0 Å². The largest absolute Gasteiger partial charge is 0.497 e. The number of halogens is 1. The highest BCUT2D eigenvalue weighted by atomic mass is 32.2. The number of thioether (sulfide) groups is 1. The maximum Gasteiger partial charge on any atom is 0.298 e. The van der Waals surface area contributed by atoms with Crippen molar-refractivity contribution < 1.29 is 18.7 Å². The van der Waals surface area contributed by atoms with Crippen LogP contribution in [-0.4, -0.2) is 18.3 Å². The van der Waals surface area contributed by atoms with Crippen LogP contribution >= 0.6 is 11.8 Å². The molecule has 1 heterocycles. The van der Waals surface area contributed by atoms with E-state index in [1.54, 1.807) is 37.5 Å². The molecule has 3 rings (SSSR count). The van der Waals surface area contributed by atoms with Crippen LogP contribution in [0.25, 0.3) is 6.08 Å². The van der Waals surface area contributed by atoms with Crippen LogP contribution in [0.5, 0.6) is 5.75 Å². The fourth-order valence-corrected chi connectivity index (χ4v) is 2.97. The average molecular weight is 329 g/mol. The van der Waals surface area contributed by atoms with E-state index in [0.717, 1.165) is 22.2 Å². The predicted molar refractivity (Wildman–Crippen MR) is 87.8 cm³/mol. The third-order valence-corrected chi connectivity index (χ3v) is 4.16. The minimum atomic E-state index is -0.422. The lowest BCUT2D eigenvalue weighted by molar-refractivity contribution is -0.113. The van der Waals surface area contributed by atoms with Crippen molar-refractivity contribution >= 4 is 34.7 Å². The molecule has 0 unspecified atom stereocenters. The lowest BCUT2D eigenvalue weighted by Gasteiger charge is -2.11. The molecular formula is C17H12FNO3S. The van der Waals surface area contributed by atoms with Crippen molar-refractivity contribution in [3.05, 3.63) is 64.8 Å². The van der Waals surface area contributed by atoms with E-state index >= 15 is 0 Å². The minimum absolute atomic E-state index is 0.324. The topological polar surface area (TPSA) is 46.6 Å². The Morgan fingerprint density at radius 3 is 2.30 bits per heavy atom. The smallest absolute Gasteiger partial charge is 0.298 e. The summed E-state index contributed by atoms with van der Waals surface area (Å²) in [6.45, 7) is 0. The van der Waals surface area contributed by atoms with E-state index in [-0.39, 0.29) is 0 Å². The number of rotatable bonds is 3. The fourth-order valence-electron chi connectivity index (χ4n) is 2.13. The summed E-state index contributed by atoms with van der Waals surface area (Å²) in [7, 11) is 1.57. The van der Waals surface area contributed by atoms with Crippen LogP contribution in [0.4, 0.5) is 14.9 Å². The summed E-state index contributed by atoms with van der Waals surface area (Å²) < 4.78 is 18.1. The molecule has 1 fully saturated rings. The van der Waals surface area contributed by atoms with Gasteiger partial charge in [-0.3, -0.25) is 9.59 Å². The highest BCUT2D eigenvalue weighted by Crippen LogP contribution is 2.35. The molecule has 1 saturated heterocycles. The number of carbonyl (C=O) groups excluding carboxylic acids is 2. The van der Waals surface area contributed by atoms with Gasteiger partial charge in [0.15, 0.2) is 0 Å². The number of amides is 2. The van der Waals surface area contributed by atoms with Crippen molar-refractivity contribution in [3.63, 3.8) is 0 Å². The molecule has 1 aliphatic rings. The van der Waals surface area contributed by atoms with Crippen molar-refractivity contribution in [2.75, 3.05) is 12.0 Å². The standard InChI is InChI=1S/C17H12FNO3S/c1-22-14-8-2-11(3-9-14)10-15-16(20)19(17(21)23-15)13-6-4-12(18)5-7-13/h2-10H,1H3/b15-10-. The first-order valence-electron chi connectivity index (χ1n) is 6.76. The quantitative estimate of drug-likeness (QED) is 0.796. The Morgan fingerprint density at radius 1 is 1.04 bits per heavy atom. The molecule has 0 N–H and O–H groups in total. The summed E-state index contributed by atoms with van der Waals surface area (Å²) in [6, 6.07) is 12.4. The molecule has 0 atom stereocenters. The maximum absolute atomic E-state index is 13.0. The molecule has 0 aromatic heterocycles. The molecule has 2 aromatic carbocycles. The van der Waals surface area contributed by atoms with Gasteiger partial charge in [-0.05, 0) is 59.8 Å². The molecule has 4 nitrogen and oxygen atoms in total. The van der Waals surface area contributed by atoms with Crippen LogP contribution in [0.1, 0.15) is 5.56 Å². The highest BCUT2D eigenvalue weighted by Gasteiger charge is 2.36. The van der Waals surface area contributed by atoms with Gasteiger partial charge >= 0.3 is 0 Å². The van der Waals surface area contributed by atoms with E-state index in [1.165, 1.54) is 24.3 Å². The zero-order valence-corrected chi connectivity index (χ0v) is 13.0. The molecule has 23 heavy (non-hydrogen) atoms. The van der Waals surface area contributed by atoms with E-state index in [0.29, 0.717) is 16.3 Å². The van der Waals surface area contributed by atoms with E-state index in [1.807, 2.05) is 0 Å². The number of imide groups is 1. The van der Waals surface area contributed by atoms with Crippen LogP contribution in [-0.2, 0) is 4.79 Å². The molecule has 0 bridgehead atoms. The lowest BCUT2D eigenvalue weighted by Crippen LogP contribution is -2.27. The van der Waals surface area contributed by atoms with E-state index in [2.05, 4.69) is 0 Å². The molecular weight excluding hydrogens is 317 g/mol. The summed E-state index contributed by atoms with van der Waals surface area (Å²) in [5, 5.41) is -0.402. The van der Waals surface area contributed by atoms with Gasteiger partial charge in [0.25, 0.3) is 11.1 Å². The molecule has 6 heteroatoms. The summed E-state index contributed by atoms with van der Waals surface area (Å²) in [5.74, 6) is -0.126. The van der Waals surface area contributed by atoms with Gasteiger partial charge in [0, 0.05) is 0 Å². The minimum Gasteiger partial charge on any atom is -0.497 e. The Hall–Kier alpha value is -2.60. The molecule has 2 aromatic rings. The Kier molecular flexibility index (Phi) is 4.16. The predicted octanol–water partition coefficient (Wildman–Crippen LogP) is 4.08. The first-order valence-corrected chi connectivity index (χ1v) is 7.58. The van der Waals surface area contributed by atoms with Gasteiger partial charge in [0.1, 0.15) is 11.6 Å². The number of benzene rings is 2. The number of ether oxygens (including phenoxy) is 1. The van der Waals surface area contributed by atoms with Crippen LogP contribution in [0, 0.1) is 5.82 Å². The van der Waals surface area contributed by atoms with E-state index in [4.69, 9.17) is 4.74 Å². The number of carbonyl (C=O) groups is 2. The zero-order chi connectivity index (χ0) is 16.4. The van der Waals surface area contributed by atoms with Crippen molar-refractivity contribution in [2.45, 2.75) is 0 Å². The van der Waals surface area contributed by atoms with Gasteiger partial charge in [0.2, 0.25) is 0 Å². The van der Waals surface area contributed by atoms with Crippen molar-refractivity contribution in [2.24, 2.45) is 0 Å². The first kappa shape index (κ1) is 15.3. The summed E-state index contributed by atoms with van der Waals surface area (Å²) in [5.41, 5.74) is 1.14. The van der Waals surface area contributed by atoms with Crippen molar-refractivity contribution in [3.8, 4) is 5.75 Å². The van der Waals surface area contributed by atoms with Crippen molar-refractivity contribution in [1.29, 1.82) is 0 Å². The SMILES string of the molecule is COc1ccc(/C=C2\SC(=O)N(c3ccc(F)cc3)C2=O)cc1. The number of hydrogen-bond acceptors (Lipinski definition) is 4. The fraction of sp³-hybridized carbons (Fsp3) is 0.0588. The molecule has 116 valence electrons. The number of hydrogen-bond donors (Lipinski definition) is 0. The second-order valence-electron chi connectivity index (χ2n) is 4.77. The van der Waals surface area contributed by atoms with E-state index < -0.39 is 17.0 Å². The molecule has 0 spiro atoms. The normalized spacial score (nSPS) is 16.3. The summed E-state index contributed by atoms with van der Waals surface area (Å²) >= 11 is 0.859. The van der Waals surface area contributed by atoms with Crippen LogP contribution in [0.3, 0.4) is 0 Å². The number of methoxy groups -OCH3 is 1. The average Bonchev–Trinajstić information content (AvgIpc) is 2.83. The molecule has 2 amide bonds. The van der Waals surface area contributed by atoms with Gasteiger partial charge in [-0.2, -0.15) is 0 Å². The van der Waals surface area contributed by atoms with Crippen LogP contribution in [0.15, 0.2) is 53.4 Å². The van der Waals surface area contributed by atoms with Gasteiger partial charge in [-0.1, -0.05) is 12.1 Å². The molecule has 1 aliphatic heterocycles. The number of anilines is 1. The van der Waals surface area contributed by atoms with Crippen LogP contribution in [0.2, 0.25) is 0 Å². The Morgan fingerprint density at radius 2 is 1.70 bits per heavy atom. The third-order valence-electron chi connectivity index (χ3n) is 3.29. The van der Waals surface area contributed by atoms with Gasteiger partial charge < -0.3 is 4.74 Å². The Bertz CT molecular complexity index is 784. The van der Waals surface area contributed by atoms with Crippen molar-refractivity contribution in [1.82, 2.24) is 0 Å². The van der Waals surface area contributed by atoms with Gasteiger partial charge in [-0.25, -0.2) is 9.29 Å². The lowest BCUT2D eigenvalue weighted by atomic mass is 10.2. The number of nitrogens with zero attached hydrogens (tertiary/aromatic N) is 1. The molecule has 0 radical (unpaired) electrons. The second-order valence-corrected chi connectivity index (χ2v) is 5.76. The van der Waals surface area contributed by atoms with Gasteiger partial charge in [-0.15, -0.1) is 0 Å². The third kappa shape index (κ3) is 3.12. The Balaban J connectivity index is 1.88. The highest BCUT2D eigenvalue weighted by molar-refractivity contribution is 8.19. The Labute approximate surface area is 136 Å². The summed E-state index contributed by atoms with van der Waals surface area (Å²) in [4.78, 5) is 25.9. The second kappa shape index (κ2) is 6.26.